The first-order chi connectivity index (χ1) is 16.3. The van der Waals surface area contributed by atoms with Gasteiger partial charge in [-0.15, -0.1) is 11.8 Å². The van der Waals surface area contributed by atoms with Crippen molar-refractivity contribution in [3.8, 4) is 5.75 Å². The van der Waals surface area contributed by atoms with Crippen molar-refractivity contribution < 1.29 is 28.8 Å². The molecule has 0 aliphatic rings. The number of nitrogens with zero attached hydrogens (tertiary/aromatic N) is 1. The minimum absolute atomic E-state index is 0.00639. The van der Waals surface area contributed by atoms with Gasteiger partial charge in [0.1, 0.15) is 5.75 Å². The Hall–Kier alpha value is -4.18. The third-order valence-corrected chi connectivity index (χ3v) is 5.50. The molecular formula is C24H20N2O7S. The Morgan fingerprint density at radius 1 is 1.00 bits per heavy atom. The molecule has 0 bridgehead atoms. The van der Waals surface area contributed by atoms with Gasteiger partial charge in [-0.2, -0.15) is 0 Å². The van der Waals surface area contributed by atoms with Crippen LogP contribution in [-0.2, 0) is 9.53 Å². The van der Waals surface area contributed by atoms with Crippen LogP contribution in [0.1, 0.15) is 26.3 Å². The molecule has 0 spiro atoms. The van der Waals surface area contributed by atoms with Gasteiger partial charge in [-0.1, -0.05) is 24.3 Å². The van der Waals surface area contributed by atoms with E-state index in [1.165, 1.54) is 49.2 Å². The Morgan fingerprint density at radius 3 is 2.41 bits per heavy atom. The molecule has 0 aliphatic heterocycles. The molecule has 9 nitrogen and oxygen atoms in total. The zero-order valence-corrected chi connectivity index (χ0v) is 19.1. The summed E-state index contributed by atoms with van der Waals surface area (Å²) in [5.41, 5.74) is 0.268. The van der Waals surface area contributed by atoms with Crippen LogP contribution in [0.4, 0.5) is 11.4 Å². The highest BCUT2D eigenvalue weighted by atomic mass is 32.2. The number of esters is 1. The first-order valence-corrected chi connectivity index (χ1v) is 11.1. The Kier molecular flexibility index (Phi) is 7.99. The SMILES string of the molecule is COc1cccc(NC(=O)COC(=O)c2ccccc2C(=O)c2ccc(SC)c([N+](=O)[O-])c2)c1. The van der Waals surface area contributed by atoms with Crippen LogP contribution in [0.3, 0.4) is 0 Å². The number of carbonyl (C=O) groups excluding carboxylic acids is 3. The summed E-state index contributed by atoms with van der Waals surface area (Å²) in [4.78, 5) is 49.1. The van der Waals surface area contributed by atoms with Crippen molar-refractivity contribution in [2.24, 2.45) is 0 Å². The summed E-state index contributed by atoms with van der Waals surface area (Å²) in [5.74, 6) is -1.48. The molecule has 0 saturated carbocycles. The number of hydrogen-bond acceptors (Lipinski definition) is 8. The fourth-order valence-electron chi connectivity index (χ4n) is 3.10. The van der Waals surface area contributed by atoms with Gasteiger partial charge in [0.2, 0.25) is 0 Å². The molecule has 0 unspecified atom stereocenters. The monoisotopic (exact) mass is 480 g/mol. The molecule has 0 aromatic heterocycles. The average molecular weight is 480 g/mol. The maximum absolute atomic E-state index is 13.1. The van der Waals surface area contributed by atoms with Gasteiger partial charge in [-0.05, 0) is 36.6 Å². The minimum Gasteiger partial charge on any atom is -0.497 e. The molecule has 0 fully saturated rings. The highest BCUT2D eigenvalue weighted by molar-refractivity contribution is 7.98. The first-order valence-electron chi connectivity index (χ1n) is 9.91. The largest absolute Gasteiger partial charge is 0.497 e. The van der Waals surface area contributed by atoms with Crippen molar-refractivity contribution in [1.29, 1.82) is 0 Å². The number of thioether (sulfide) groups is 1. The van der Waals surface area contributed by atoms with E-state index in [9.17, 15) is 24.5 Å². The lowest BCUT2D eigenvalue weighted by molar-refractivity contribution is -0.387. The van der Waals surface area contributed by atoms with E-state index in [0.29, 0.717) is 16.3 Å². The van der Waals surface area contributed by atoms with Gasteiger partial charge in [0, 0.05) is 28.9 Å². The minimum atomic E-state index is -0.875. The van der Waals surface area contributed by atoms with E-state index >= 15 is 0 Å². The van der Waals surface area contributed by atoms with E-state index in [1.807, 2.05) is 0 Å². The predicted molar refractivity (Wildman–Crippen MR) is 127 cm³/mol. The zero-order chi connectivity index (χ0) is 24.7. The standard InChI is InChI=1S/C24H20N2O7S/c1-32-17-7-5-6-16(13-17)25-22(27)14-33-24(29)19-9-4-3-8-18(19)23(28)15-10-11-21(34-2)20(12-15)26(30)31/h3-13H,14H2,1-2H3,(H,25,27). The lowest BCUT2D eigenvalue weighted by Crippen LogP contribution is -2.22. The van der Waals surface area contributed by atoms with Gasteiger partial charge in [-0.3, -0.25) is 19.7 Å². The molecule has 0 radical (unpaired) electrons. The number of methoxy groups -OCH3 is 1. The summed E-state index contributed by atoms with van der Waals surface area (Å²) in [7, 11) is 1.50. The van der Waals surface area contributed by atoms with E-state index in [-0.39, 0.29) is 22.4 Å². The Bertz CT molecular complexity index is 1260. The maximum Gasteiger partial charge on any atom is 0.339 e. The van der Waals surface area contributed by atoms with Gasteiger partial charge in [-0.25, -0.2) is 4.79 Å². The van der Waals surface area contributed by atoms with Crippen LogP contribution < -0.4 is 10.1 Å². The molecule has 0 saturated heterocycles. The van der Waals surface area contributed by atoms with Crippen LogP contribution in [0, 0.1) is 10.1 Å². The van der Waals surface area contributed by atoms with Crippen LogP contribution in [0.25, 0.3) is 0 Å². The lowest BCUT2D eigenvalue weighted by Gasteiger charge is -2.10. The van der Waals surface area contributed by atoms with Gasteiger partial charge in [0.25, 0.3) is 11.6 Å². The number of hydrogen-bond donors (Lipinski definition) is 1. The van der Waals surface area contributed by atoms with E-state index in [0.717, 1.165) is 0 Å². The zero-order valence-electron chi connectivity index (χ0n) is 18.3. The second-order valence-corrected chi connectivity index (χ2v) is 7.72. The number of ketones is 1. The van der Waals surface area contributed by atoms with Crippen molar-refractivity contribution in [2.45, 2.75) is 4.90 Å². The summed E-state index contributed by atoms with van der Waals surface area (Å²) < 4.78 is 10.2. The fourth-order valence-corrected chi connectivity index (χ4v) is 3.64. The van der Waals surface area contributed by atoms with Crippen molar-refractivity contribution >= 4 is 40.8 Å². The lowest BCUT2D eigenvalue weighted by atomic mass is 9.98. The highest BCUT2D eigenvalue weighted by Crippen LogP contribution is 2.29. The van der Waals surface area contributed by atoms with Crippen LogP contribution in [0.2, 0.25) is 0 Å². The Balaban J connectivity index is 1.75. The van der Waals surface area contributed by atoms with Crippen molar-refractivity contribution in [3.05, 3.63) is 93.5 Å². The number of ether oxygens (including phenoxy) is 2. The van der Waals surface area contributed by atoms with Gasteiger partial charge in [0.15, 0.2) is 12.4 Å². The number of carbonyl (C=O) groups is 3. The third-order valence-electron chi connectivity index (χ3n) is 4.72. The van der Waals surface area contributed by atoms with Crippen molar-refractivity contribution in [1.82, 2.24) is 0 Å². The van der Waals surface area contributed by atoms with Crippen LogP contribution in [0.5, 0.6) is 5.75 Å². The number of benzene rings is 3. The van der Waals surface area contributed by atoms with Crippen LogP contribution in [-0.4, -0.2) is 42.6 Å². The number of nitrogens with one attached hydrogen (secondary N) is 1. The molecule has 1 amide bonds. The number of amides is 1. The second kappa shape index (κ2) is 11.1. The summed E-state index contributed by atoms with van der Waals surface area (Å²) in [6.45, 7) is -0.577. The molecule has 3 aromatic carbocycles. The molecule has 3 aromatic rings. The second-order valence-electron chi connectivity index (χ2n) is 6.87. The molecule has 10 heteroatoms. The maximum atomic E-state index is 13.1. The van der Waals surface area contributed by atoms with Crippen LogP contribution >= 0.6 is 11.8 Å². The van der Waals surface area contributed by atoms with Crippen molar-refractivity contribution in [2.75, 3.05) is 25.3 Å². The number of rotatable bonds is 9. The van der Waals surface area contributed by atoms with Gasteiger partial charge in [0.05, 0.1) is 22.5 Å². The quantitative estimate of drug-likeness (QED) is 0.158. The van der Waals surface area contributed by atoms with E-state index in [4.69, 9.17) is 9.47 Å². The van der Waals surface area contributed by atoms with E-state index in [1.54, 1.807) is 42.7 Å². The summed E-state index contributed by atoms with van der Waals surface area (Å²) in [5, 5.41) is 13.9. The van der Waals surface area contributed by atoms with Gasteiger partial charge < -0.3 is 14.8 Å². The summed E-state index contributed by atoms with van der Waals surface area (Å²) in [6, 6.07) is 16.7. The topological polar surface area (TPSA) is 125 Å². The normalized spacial score (nSPS) is 10.3. The predicted octanol–water partition coefficient (Wildman–Crippen LogP) is 4.35. The number of anilines is 1. The molecule has 34 heavy (non-hydrogen) atoms. The summed E-state index contributed by atoms with van der Waals surface area (Å²) in [6.07, 6.45) is 1.69. The smallest absolute Gasteiger partial charge is 0.339 e. The third kappa shape index (κ3) is 5.78. The van der Waals surface area contributed by atoms with Crippen molar-refractivity contribution in [3.63, 3.8) is 0 Å². The molecule has 1 N–H and O–H groups in total. The Morgan fingerprint density at radius 2 is 1.74 bits per heavy atom. The number of nitro groups is 1. The fraction of sp³-hybridized carbons (Fsp3) is 0.125. The van der Waals surface area contributed by atoms with Gasteiger partial charge >= 0.3 is 5.97 Å². The van der Waals surface area contributed by atoms with E-state index < -0.39 is 29.2 Å². The number of nitro benzene ring substituents is 1. The molecular weight excluding hydrogens is 460 g/mol. The highest BCUT2D eigenvalue weighted by Gasteiger charge is 2.23. The molecule has 0 heterocycles. The summed E-state index contributed by atoms with van der Waals surface area (Å²) >= 11 is 1.19. The molecule has 0 aliphatic carbocycles. The first kappa shape index (κ1) is 24.5. The molecule has 0 atom stereocenters. The molecule has 3 rings (SSSR count). The van der Waals surface area contributed by atoms with E-state index in [2.05, 4.69) is 5.32 Å². The average Bonchev–Trinajstić information content (AvgIpc) is 2.86. The van der Waals surface area contributed by atoms with Crippen LogP contribution in [0.15, 0.2) is 71.6 Å². The Labute approximate surface area is 199 Å². The molecule has 174 valence electrons.